The number of amides is 2. The molecule has 28 heavy (non-hydrogen) atoms. The second-order valence-corrected chi connectivity index (χ2v) is 7.75. The maximum atomic E-state index is 13.6. The summed E-state index contributed by atoms with van der Waals surface area (Å²) in [6.07, 6.45) is 0. The topological polar surface area (TPSA) is 49.4 Å². The van der Waals surface area contributed by atoms with Gasteiger partial charge in [-0.05, 0) is 34.4 Å². The van der Waals surface area contributed by atoms with Crippen LogP contribution in [-0.2, 0) is 9.59 Å². The van der Waals surface area contributed by atoms with Crippen LogP contribution >= 0.6 is 0 Å². The van der Waals surface area contributed by atoms with Gasteiger partial charge in [0.1, 0.15) is 0 Å². The highest BCUT2D eigenvalue weighted by molar-refractivity contribution is 6.06. The van der Waals surface area contributed by atoms with Gasteiger partial charge in [0, 0.05) is 11.8 Å². The normalized spacial score (nSPS) is 26.9. The molecule has 1 aliphatic heterocycles. The van der Waals surface area contributed by atoms with Crippen LogP contribution < -0.4 is 10.4 Å². The molecule has 2 amide bonds. The third-order valence-corrected chi connectivity index (χ3v) is 6.48. The first-order valence-corrected chi connectivity index (χ1v) is 9.63. The summed E-state index contributed by atoms with van der Waals surface area (Å²) < 4.78 is 0. The van der Waals surface area contributed by atoms with Crippen LogP contribution in [0.15, 0.2) is 78.9 Å². The molecule has 7 rings (SSSR count). The number of rotatable bonds is 1. The summed E-state index contributed by atoms with van der Waals surface area (Å²) >= 11 is 0. The lowest BCUT2D eigenvalue weighted by Crippen LogP contribution is -2.64. The smallest absolute Gasteiger partial charge is 0.250 e. The van der Waals surface area contributed by atoms with E-state index < -0.39 is 0 Å². The van der Waals surface area contributed by atoms with Crippen LogP contribution in [0.5, 0.6) is 0 Å². The number of anilines is 1. The molecule has 3 aliphatic carbocycles. The number of para-hydroxylation sites is 1. The maximum absolute atomic E-state index is 13.6. The van der Waals surface area contributed by atoms with Crippen LogP contribution in [0.25, 0.3) is 0 Å². The van der Waals surface area contributed by atoms with Crippen molar-refractivity contribution in [2.45, 2.75) is 11.8 Å². The van der Waals surface area contributed by atoms with E-state index in [1.165, 1.54) is 27.3 Å². The fourth-order valence-corrected chi connectivity index (χ4v) is 5.45. The lowest BCUT2D eigenvalue weighted by molar-refractivity contribution is -0.142. The molecule has 2 bridgehead atoms. The fraction of sp³-hybridized carbons (Fsp3) is 0.167. The first kappa shape index (κ1) is 15.6. The van der Waals surface area contributed by atoms with E-state index in [0.29, 0.717) is 5.69 Å². The Hall–Kier alpha value is -3.40. The molecule has 1 N–H and O–H groups in total. The highest BCUT2D eigenvalue weighted by atomic mass is 16.2. The first-order valence-electron chi connectivity index (χ1n) is 9.63. The Morgan fingerprint density at radius 2 is 1.07 bits per heavy atom. The van der Waals surface area contributed by atoms with E-state index in [0.717, 1.165) is 0 Å². The molecule has 0 aromatic heterocycles. The highest BCUT2D eigenvalue weighted by Gasteiger charge is 2.58. The molecule has 0 saturated carbocycles. The minimum absolute atomic E-state index is 0.0326. The van der Waals surface area contributed by atoms with E-state index in [9.17, 15) is 9.59 Å². The molecule has 4 nitrogen and oxygen atoms in total. The van der Waals surface area contributed by atoms with Crippen molar-refractivity contribution >= 4 is 17.5 Å². The Labute approximate surface area is 162 Å². The quantitative estimate of drug-likeness (QED) is 0.716. The Kier molecular flexibility index (Phi) is 3.10. The third-order valence-electron chi connectivity index (χ3n) is 6.48. The molecule has 4 heteroatoms. The van der Waals surface area contributed by atoms with Crippen molar-refractivity contribution in [2.24, 2.45) is 11.8 Å². The molecule has 0 spiro atoms. The summed E-state index contributed by atoms with van der Waals surface area (Å²) in [7, 11) is 0. The molecular formula is C24H18N2O2. The van der Waals surface area contributed by atoms with Gasteiger partial charge in [0.25, 0.3) is 5.91 Å². The van der Waals surface area contributed by atoms with Crippen LogP contribution in [-0.4, -0.2) is 11.8 Å². The molecule has 4 aliphatic rings. The van der Waals surface area contributed by atoms with E-state index >= 15 is 0 Å². The van der Waals surface area contributed by atoms with Crippen molar-refractivity contribution in [3.63, 3.8) is 0 Å². The summed E-state index contributed by atoms with van der Waals surface area (Å²) in [6, 6.07) is 25.9. The zero-order valence-electron chi connectivity index (χ0n) is 15.1. The average Bonchev–Trinajstić information content (AvgIpc) is 2.76. The number of benzene rings is 3. The van der Waals surface area contributed by atoms with Crippen LogP contribution in [0, 0.1) is 11.8 Å². The number of hydrogen-bond donors (Lipinski definition) is 1. The van der Waals surface area contributed by atoms with E-state index in [2.05, 4.69) is 29.7 Å². The largest absolute Gasteiger partial charge is 0.273 e. The Balaban J connectivity index is 1.57. The van der Waals surface area contributed by atoms with Crippen molar-refractivity contribution < 1.29 is 9.59 Å². The van der Waals surface area contributed by atoms with Gasteiger partial charge in [-0.3, -0.25) is 15.0 Å². The molecule has 1 saturated heterocycles. The SMILES string of the molecule is O=C1NN(c2ccccc2)C(=O)[C@@H]2C3c4ccccc4C(c4ccccc43)[C@@H]12. The summed E-state index contributed by atoms with van der Waals surface area (Å²) in [5, 5.41) is 1.44. The Bertz CT molecular complexity index is 1080. The summed E-state index contributed by atoms with van der Waals surface area (Å²) in [6.45, 7) is 0. The van der Waals surface area contributed by atoms with Gasteiger partial charge in [-0.2, -0.15) is 0 Å². The number of hydrogen-bond acceptors (Lipinski definition) is 2. The van der Waals surface area contributed by atoms with Crippen LogP contribution in [0.3, 0.4) is 0 Å². The van der Waals surface area contributed by atoms with E-state index in [1.54, 1.807) is 0 Å². The minimum Gasteiger partial charge on any atom is -0.273 e. The first-order chi connectivity index (χ1) is 13.8. The number of nitrogens with zero attached hydrogens (tertiary/aromatic N) is 1. The minimum atomic E-state index is -0.385. The molecule has 1 heterocycles. The van der Waals surface area contributed by atoms with Gasteiger partial charge >= 0.3 is 0 Å². The van der Waals surface area contributed by atoms with Gasteiger partial charge in [0.15, 0.2) is 0 Å². The van der Waals surface area contributed by atoms with Crippen LogP contribution in [0.1, 0.15) is 34.1 Å². The van der Waals surface area contributed by atoms with E-state index in [1.807, 2.05) is 54.6 Å². The number of carbonyl (C=O) groups is 2. The molecule has 0 radical (unpaired) electrons. The molecule has 3 aromatic carbocycles. The molecule has 2 atom stereocenters. The van der Waals surface area contributed by atoms with Crippen LogP contribution in [0.4, 0.5) is 5.69 Å². The van der Waals surface area contributed by atoms with Gasteiger partial charge < -0.3 is 0 Å². The zero-order chi connectivity index (χ0) is 18.8. The number of carbonyl (C=O) groups excluding carboxylic acids is 2. The van der Waals surface area contributed by atoms with E-state index in [-0.39, 0.29) is 35.5 Å². The maximum Gasteiger partial charge on any atom is 0.250 e. The predicted molar refractivity (Wildman–Crippen MR) is 106 cm³/mol. The van der Waals surface area contributed by atoms with Gasteiger partial charge in [-0.15, -0.1) is 0 Å². The number of nitrogens with one attached hydrogen (secondary N) is 1. The summed E-state index contributed by atoms with van der Waals surface area (Å²) in [5.41, 5.74) is 8.30. The second kappa shape index (κ2) is 5.55. The number of hydrazine groups is 1. The van der Waals surface area contributed by atoms with Crippen LogP contribution in [0.2, 0.25) is 0 Å². The highest BCUT2D eigenvalue weighted by Crippen LogP contribution is 2.59. The van der Waals surface area contributed by atoms with E-state index in [4.69, 9.17) is 0 Å². The monoisotopic (exact) mass is 366 g/mol. The fourth-order valence-electron chi connectivity index (χ4n) is 5.45. The molecular weight excluding hydrogens is 348 g/mol. The van der Waals surface area contributed by atoms with Gasteiger partial charge in [0.2, 0.25) is 5.91 Å². The zero-order valence-corrected chi connectivity index (χ0v) is 15.1. The van der Waals surface area contributed by atoms with Crippen molar-refractivity contribution in [1.29, 1.82) is 0 Å². The van der Waals surface area contributed by atoms with Crippen molar-refractivity contribution in [1.82, 2.24) is 5.43 Å². The molecule has 1 fully saturated rings. The predicted octanol–water partition coefficient (Wildman–Crippen LogP) is 3.59. The lowest BCUT2D eigenvalue weighted by Gasteiger charge is -2.52. The third kappa shape index (κ3) is 1.89. The molecule has 136 valence electrons. The summed E-state index contributed by atoms with van der Waals surface area (Å²) in [4.78, 5) is 26.9. The molecule has 0 unspecified atom stereocenters. The standard InChI is InChI=1S/C24H18N2O2/c27-23-21-19-15-10-4-6-12-17(15)20(18-13-7-5-11-16(18)19)22(21)24(28)26(25-23)14-8-2-1-3-9-14/h1-13,19-22H,(H,25,27)/t19?,20?,21-,22-/m1/s1. The Morgan fingerprint density at radius 1 is 0.607 bits per heavy atom. The lowest BCUT2D eigenvalue weighted by atomic mass is 9.53. The Morgan fingerprint density at radius 3 is 1.61 bits per heavy atom. The van der Waals surface area contributed by atoms with Crippen molar-refractivity contribution in [2.75, 3.05) is 5.01 Å². The second-order valence-electron chi connectivity index (χ2n) is 7.75. The van der Waals surface area contributed by atoms with Gasteiger partial charge in [0.05, 0.1) is 17.5 Å². The van der Waals surface area contributed by atoms with Crippen molar-refractivity contribution in [3.05, 3.63) is 101 Å². The average molecular weight is 366 g/mol. The van der Waals surface area contributed by atoms with Gasteiger partial charge in [-0.1, -0.05) is 66.7 Å². The van der Waals surface area contributed by atoms with Gasteiger partial charge in [-0.25, -0.2) is 5.01 Å². The molecule has 3 aromatic rings. The van der Waals surface area contributed by atoms with Crippen molar-refractivity contribution in [3.8, 4) is 0 Å². The summed E-state index contributed by atoms with van der Waals surface area (Å²) in [5.74, 6) is -1.04.